The van der Waals surface area contributed by atoms with Gasteiger partial charge in [0.15, 0.2) is 0 Å². The van der Waals surface area contributed by atoms with Crippen LogP contribution in [0.25, 0.3) is 0 Å². The molecule has 0 aromatic heterocycles. The summed E-state index contributed by atoms with van der Waals surface area (Å²) in [7, 11) is 1.41. The van der Waals surface area contributed by atoms with E-state index in [1.807, 2.05) is 0 Å². The highest BCUT2D eigenvalue weighted by molar-refractivity contribution is 5.77. The van der Waals surface area contributed by atoms with Gasteiger partial charge < -0.3 is 14.2 Å². The fourth-order valence-corrected chi connectivity index (χ4v) is 1.40. The predicted molar refractivity (Wildman–Crippen MR) is 62.3 cm³/mol. The molecule has 0 aliphatic heterocycles. The van der Waals surface area contributed by atoms with E-state index in [0.29, 0.717) is 11.5 Å². The first kappa shape index (κ1) is 12.6. The van der Waals surface area contributed by atoms with Crippen molar-refractivity contribution >= 4 is 11.9 Å². The summed E-state index contributed by atoms with van der Waals surface area (Å²) in [5.74, 6) is 0.0241. The van der Waals surface area contributed by atoms with Crippen molar-refractivity contribution in [3.05, 3.63) is 24.3 Å². The third-order valence-corrected chi connectivity index (χ3v) is 2.43. The summed E-state index contributed by atoms with van der Waals surface area (Å²) < 4.78 is 14.8. The van der Waals surface area contributed by atoms with Crippen molar-refractivity contribution in [2.75, 3.05) is 13.7 Å². The molecule has 0 unspecified atom stereocenters. The summed E-state index contributed by atoms with van der Waals surface area (Å²) in [4.78, 5) is 22.7. The number of carbonyl (C=O) groups excluding carboxylic acids is 2. The normalized spacial score (nSPS) is 14.1. The number of esters is 2. The van der Waals surface area contributed by atoms with Crippen LogP contribution in [0.1, 0.15) is 12.8 Å². The molecule has 1 aromatic carbocycles. The van der Waals surface area contributed by atoms with E-state index in [0.717, 1.165) is 12.8 Å². The SMILES string of the molecule is COCC(=O)Oc1cccc(OC(=O)C2CC2)c1. The average Bonchev–Trinajstić information content (AvgIpc) is 3.13. The molecule has 1 saturated carbocycles. The van der Waals surface area contributed by atoms with Gasteiger partial charge in [0.05, 0.1) is 5.92 Å². The van der Waals surface area contributed by atoms with Gasteiger partial charge in [-0.15, -0.1) is 0 Å². The highest BCUT2D eigenvalue weighted by atomic mass is 16.6. The number of hydrogen-bond acceptors (Lipinski definition) is 5. The molecular weight excluding hydrogens is 236 g/mol. The maximum Gasteiger partial charge on any atom is 0.337 e. The Balaban J connectivity index is 1.95. The molecule has 0 bridgehead atoms. The lowest BCUT2D eigenvalue weighted by Gasteiger charge is -2.06. The van der Waals surface area contributed by atoms with E-state index in [-0.39, 0.29) is 18.5 Å². The van der Waals surface area contributed by atoms with Crippen LogP contribution in [0.4, 0.5) is 0 Å². The van der Waals surface area contributed by atoms with Gasteiger partial charge in [0, 0.05) is 13.2 Å². The van der Waals surface area contributed by atoms with Crippen molar-refractivity contribution < 1.29 is 23.8 Å². The van der Waals surface area contributed by atoms with Crippen LogP contribution in [-0.4, -0.2) is 25.7 Å². The molecule has 1 aliphatic carbocycles. The predicted octanol–water partition coefficient (Wildman–Crippen LogP) is 1.55. The third kappa shape index (κ3) is 3.56. The lowest BCUT2D eigenvalue weighted by atomic mass is 10.3. The van der Waals surface area contributed by atoms with Crippen LogP contribution in [0.15, 0.2) is 24.3 Å². The van der Waals surface area contributed by atoms with Crippen molar-refractivity contribution in [3.63, 3.8) is 0 Å². The molecule has 2 rings (SSSR count). The lowest BCUT2D eigenvalue weighted by molar-refractivity contribution is -0.138. The molecule has 96 valence electrons. The van der Waals surface area contributed by atoms with Gasteiger partial charge in [-0.05, 0) is 25.0 Å². The summed E-state index contributed by atoms with van der Waals surface area (Å²) in [6.07, 6.45) is 1.78. The zero-order chi connectivity index (χ0) is 13.0. The van der Waals surface area contributed by atoms with E-state index in [9.17, 15) is 9.59 Å². The molecule has 1 aliphatic rings. The molecule has 5 heteroatoms. The maximum atomic E-state index is 11.5. The highest BCUT2D eigenvalue weighted by Gasteiger charge is 2.31. The Morgan fingerprint density at radius 2 is 1.89 bits per heavy atom. The molecule has 0 amide bonds. The van der Waals surface area contributed by atoms with E-state index in [1.165, 1.54) is 13.2 Å². The quantitative estimate of drug-likeness (QED) is 0.586. The molecule has 0 N–H and O–H groups in total. The van der Waals surface area contributed by atoms with Crippen LogP contribution in [0.2, 0.25) is 0 Å². The zero-order valence-electron chi connectivity index (χ0n) is 10.0. The molecule has 0 spiro atoms. The van der Waals surface area contributed by atoms with Crippen LogP contribution < -0.4 is 9.47 Å². The first-order chi connectivity index (χ1) is 8.69. The van der Waals surface area contributed by atoms with Gasteiger partial charge in [0.1, 0.15) is 18.1 Å². The minimum Gasteiger partial charge on any atom is -0.426 e. The van der Waals surface area contributed by atoms with E-state index in [4.69, 9.17) is 9.47 Å². The second-order valence-corrected chi connectivity index (χ2v) is 4.08. The Morgan fingerprint density at radius 1 is 1.22 bits per heavy atom. The van der Waals surface area contributed by atoms with Gasteiger partial charge in [-0.2, -0.15) is 0 Å². The zero-order valence-corrected chi connectivity index (χ0v) is 10.0. The minimum atomic E-state index is -0.497. The van der Waals surface area contributed by atoms with Crippen molar-refractivity contribution in [3.8, 4) is 11.5 Å². The van der Waals surface area contributed by atoms with E-state index in [2.05, 4.69) is 4.74 Å². The molecule has 5 nitrogen and oxygen atoms in total. The van der Waals surface area contributed by atoms with Gasteiger partial charge in [0.2, 0.25) is 0 Å². The van der Waals surface area contributed by atoms with Gasteiger partial charge in [-0.3, -0.25) is 4.79 Å². The fourth-order valence-electron chi connectivity index (χ4n) is 1.40. The fraction of sp³-hybridized carbons (Fsp3) is 0.385. The first-order valence-electron chi connectivity index (χ1n) is 5.70. The Bertz CT molecular complexity index is 450. The monoisotopic (exact) mass is 250 g/mol. The van der Waals surface area contributed by atoms with Gasteiger partial charge in [-0.1, -0.05) is 6.07 Å². The highest BCUT2D eigenvalue weighted by Crippen LogP contribution is 2.31. The van der Waals surface area contributed by atoms with Crippen molar-refractivity contribution in [2.24, 2.45) is 5.92 Å². The summed E-state index contributed by atoms with van der Waals surface area (Å²) in [5.41, 5.74) is 0. The van der Waals surface area contributed by atoms with Gasteiger partial charge in [0.25, 0.3) is 0 Å². The molecule has 18 heavy (non-hydrogen) atoms. The van der Waals surface area contributed by atoms with E-state index in [1.54, 1.807) is 18.2 Å². The van der Waals surface area contributed by atoms with E-state index < -0.39 is 5.97 Å². The largest absolute Gasteiger partial charge is 0.426 e. The maximum absolute atomic E-state index is 11.5. The summed E-state index contributed by atoms with van der Waals surface area (Å²) in [5, 5.41) is 0. The lowest BCUT2D eigenvalue weighted by Crippen LogP contribution is -2.14. The molecule has 0 radical (unpaired) electrons. The molecular formula is C13H14O5. The van der Waals surface area contributed by atoms with E-state index >= 15 is 0 Å². The Kier molecular flexibility index (Phi) is 3.94. The molecule has 0 heterocycles. The third-order valence-electron chi connectivity index (χ3n) is 2.43. The van der Waals surface area contributed by atoms with Gasteiger partial charge in [-0.25, -0.2) is 4.79 Å². The van der Waals surface area contributed by atoms with Crippen LogP contribution in [0.3, 0.4) is 0 Å². The van der Waals surface area contributed by atoms with Crippen LogP contribution in [0, 0.1) is 5.92 Å². The average molecular weight is 250 g/mol. The number of carbonyl (C=O) groups is 2. The summed E-state index contributed by atoms with van der Waals surface area (Å²) >= 11 is 0. The first-order valence-corrected chi connectivity index (χ1v) is 5.70. The van der Waals surface area contributed by atoms with Crippen LogP contribution >= 0.6 is 0 Å². The molecule has 0 saturated heterocycles. The summed E-state index contributed by atoms with van der Waals surface area (Å²) in [6.45, 7) is -0.119. The topological polar surface area (TPSA) is 61.8 Å². The van der Waals surface area contributed by atoms with Crippen LogP contribution in [-0.2, 0) is 14.3 Å². The Labute approximate surface area is 105 Å². The number of ether oxygens (including phenoxy) is 3. The summed E-state index contributed by atoms with van der Waals surface area (Å²) in [6, 6.07) is 6.43. The Hall–Kier alpha value is -1.88. The standard InChI is InChI=1S/C13H14O5/c1-16-8-12(14)17-10-3-2-4-11(7-10)18-13(15)9-5-6-9/h2-4,7,9H,5-6,8H2,1H3. The second kappa shape index (κ2) is 5.64. The molecule has 1 fully saturated rings. The van der Waals surface area contributed by atoms with Gasteiger partial charge >= 0.3 is 11.9 Å². The number of hydrogen-bond donors (Lipinski definition) is 0. The smallest absolute Gasteiger partial charge is 0.337 e. The molecule has 1 aromatic rings. The minimum absolute atomic E-state index is 0.0321. The molecule has 0 atom stereocenters. The second-order valence-electron chi connectivity index (χ2n) is 4.08. The van der Waals surface area contributed by atoms with Crippen LogP contribution in [0.5, 0.6) is 11.5 Å². The number of rotatable bonds is 5. The van der Waals surface area contributed by atoms with Crippen molar-refractivity contribution in [1.29, 1.82) is 0 Å². The Morgan fingerprint density at radius 3 is 2.50 bits per heavy atom. The van der Waals surface area contributed by atoms with Crippen molar-refractivity contribution in [2.45, 2.75) is 12.8 Å². The number of methoxy groups -OCH3 is 1. The number of benzene rings is 1. The van der Waals surface area contributed by atoms with Crippen molar-refractivity contribution in [1.82, 2.24) is 0 Å².